The van der Waals surface area contributed by atoms with Gasteiger partial charge in [0.05, 0.1) is 52.8 Å². The summed E-state index contributed by atoms with van der Waals surface area (Å²) in [5.74, 6) is -0.311. The van der Waals surface area contributed by atoms with Gasteiger partial charge in [-0.15, -0.1) is 0 Å². The van der Waals surface area contributed by atoms with Crippen molar-refractivity contribution < 1.29 is 72.5 Å². The number of carbonyl (C=O) groups is 2. The highest BCUT2D eigenvalue weighted by Gasteiger charge is 2.17. The third-order valence-electron chi connectivity index (χ3n) is 12.4. The van der Waals surface area contributed by atoms with Crippen LogP contribution in [0.15, 0.2) is 0 Å². The van der Waals surface area contributed by atoms with Gasteiger partial charge in [0.25, 0.3) is 7.82 Å². The fourth-order valence-electron chi connectivity index (χ4n) is 7.98. The molecule has 0 rings (SSSR count). The predicted molar refractivity (Wildman–Crippen MR) is 302 cm³/mol. The molecule has 0 aromatic rings. The number of aliphatic hydroxyl groups is 2. The van der Waals surface area contributed by atoms with E-state index in [0.29, 0.717) is 65.6 Å². The number of hydrogen-bond donors (Lipinski definition) is 4. The molecular formula is C58H121N2O14P. The number of hydrogen-bond acceptors (Lipinski definition) is 15. The van der Waals surface area contributed by atoms with E-state index in [-0.39, 0.29) is 51.1 Å². The molecule has 3 unspecified atom stereocenters. The smallest absolute Gasteiger partial charge is 0.305 e. The van der Waals surface area contributed by atoms with Crippen molar-refractivity contribution in [1.82, 2.24) is 0 Å². The number of esters is 2. The lowest BCUT2D eigenvalue weighted by Crippen LogP contribution is -2.52. The first-order chi connectivity index (χ1) is 36.6. The summed E-state index contributed by atoms with van der Waals surface area (Å²) in [5.41, 5.74) is 8.34. The van der Waals surface area contributed by atoms with E-state index >= 15 is 0 Å². The molecule has 0 aliphatic carbocycles. The molecule has 7 N–H and O–H groups in total. The van der Waals surface area contributed by atoms with E-state index in [1.807, 2.05) is 6.92 Å². The van der Waals surface area contributed by atoms with Crippen LogP contribution >= 0.6 is 7.82 Å². The lowest BCUT2D eigenvalue weighted by molar-refractivity contribution is -0.373. The van der Waals surface area contributed by atoms with Crippen molar-refractivity contribution in [3.05, 3.63) is 0 Å². The van der Waals surface area contributed by atoms with Crippen molar-refractivity contribution >= 4 is 19.8 Å². The molecule has 0 amide bonds. The molecule has 0 saturated carbocycles. The number of ether oxygens (including phenoxy) is 6. The van der Waals surface area contributed by atoms with E-state index in [1.54, 1.807) is 6.92 Å². The predicted octanol–water partition coefficient (Wildman–Crippen LogP) is 11.7. The minimum absolute atomic E-state index is 0.0115. The Kier molecular flexibility index (Phi) is 69.7. The van der Waals surface area contributed by atoms with E-state index in [0.717, 1.165) is 64.4 Å². The number of phosphoric ester groups is 1. The molecule has 0 spiro atoms. The minimum Gasteiger partial charge on any atom is -0.756 e. The summed E-state index contributed by atoms with van der Waals surface area (Å²) in [7, 11) is -4.38. The average molecular weight is 1100 g/mol. The van der Waals surface area contributed by atoms with Gasteiger partial charge in [0.1, 0.15) is 18.8 Å². The Bertz CT molecular complexity index is 1160. The Labute approximate surface area is 459 Å². The van der Waals surface area contributed by atoms with Crippen LogP contribution in [0.25, 0.3) is 0 Å². The van der Waals surface area contributed by atoms with Crippen LogP contribution in [-0.2, 0) is 51.6 Å². The first kappa shape index (κ1) is 78.0. The van der Waals surface area contributed by atoms with Crippen LogP contribution in [0.3, 0.4) is 0 Å². The van der Waals surface area contributed by atoms with Crippen LogP contribution in [0, 0.1) is 0 Å². The molecule has 0 aliphatic rings. The lowest BCUT2D eigenvalue weighted by atomic mass is 10.0. The zero-order valence-electron chi connectivity index (χ0n) is 49.0. The second-order valence-corrected chi connectivity index (χ2v) is 21.1. The first-order valence-corrected chi connectivity index (χ1v) is 32.1. The number of carbonyl (C=O) groups excluding carboxylic acids is 2. The fourth-order valence-corrected chi connectivity index (χ4v) is 8.75. The maximum absolute atomic E-state index is 11.9. The van der Waals surface area contributed by atoms with E-state index in [9.17, 15) is 24.2 Å². The first-order valence-electron chi connectivity index (χ1n) is 30.6. The third-order valence-corrected chi connectivity index (χ3v) is 13.4. The lowest BCUT2D eigenvalue weighted by Gasteiger charge is -2.25. The summed E-state index contributed by atoms with van der Waals surface area (Å²) in [4.78, 5) is 34.5. The second-order valence-electron chi connectivity index (χ2n) is 19.7. The Morgan fingerprint density at radius 3 is 1.12 bits per heavy atom. The minimum atomic E-state index is -4.38. The molecule has 0 saturated heterocycles. The Hall–Kier alpha value is -1.27. The van der Waals surface area contributed by atoms with Crippen LogP contribution in [-0.4, -0.2) is 127 Å². The van der Waals surface area contributed by atoms with Crippen molar-refractivity contribution in [3.63, 3.8) is 0 Å². The van der Waals surface area contributed by atoms with Gasteiger partial charge in [-0.05, 0) is 52.4 Å². The standard InChI is InChI=1S/C29H60NO8P.C27H54O5.C2H7NO/c1-3-5-6-7-8-9-10-11-12-13-14-15-16-19-23-34-26-28(27-38-39(32,33)37-25-22-30)36-24-20-17-18-21-29(31)35-4-2;1-3-5-6-7-8-9-10-11-12-13-14-15-16-19-22-30-25-26(24-28)32-23-20-17-18-21-27(29)31-4-2;3-1-2-4/h28H,3-27,30H2,1-2H3,(H,32,33);26,28H,3-25H2,1-2H3;4H,1-3H2. The zero-order valence-corrected chi connectivity index (χ0v) is 49.9. The molecule has 0 radical (unpaired) electrons. The highest BCUT2D eigenvalue weighted by atomic mass is 31.2. The van der Waals surface area contributed by atoms with Gasteiger partial charge >= 0.3 is 11.9 Å². The van der Waals surface area contributed by atoms with Crippen molar-refractivity contribution in [2.75, 3.05) is 92.4 Å². The molecule has 0 aromatic heterocycles. The Balaban J connectivity index is -0.00000131. The number of aliphatic hydroxyl groups excluding tert-OH is 2. The summed E-state index contributed by atoms with van der Waals surface area (Å²) in [6.45, 7) is 12.7. The summed E-state index contributed by atoms with van der Waals surface area (Å²) in [5, 5.41) is 17.2. The van der Waals surface area contributed by atoms with Crippen LogP contribution in [0.2, 0.25) is 0 Å². The summed E-state index contributed by atoms with van der Waals surface area (Å²) < 4.78 is 54.4. The Morgan fingerprint density at radius 2 is 0.787 bits per heavy atom. The van der Waals surface area contributed by atoms with Gasteiger partial charge in [-0.3, -0.25) is 14.2 Å². The third kappa shape index (κ3) is 68.8. The molecule has 0 aromatic carbocycles. The van der Waals surface area contributed by atoms with Gasteiger partial charge in [-0.1, -0.05) is 194 Å². The van der Waals surface area contributed by atoms with Crippen LogP contribution in [0.4, 0.5) is 0 Å². The molecular weight excluding hydrogens is 980 g/mol. The largest absolute Gasteiger partial charge is 0.756 e. The van der Waals surface area contributed by atoms with Crippen molar-refractivity contribution in [3.8, 4) is 0 Å². The van der Waals surface area contributed by atoms with E-state index < -0.39 is 13.9 Å². The quantitative estimate of drug-likeness (QED) is 0.0251. The van der Waals surface area contributed by atoms with Crippen molar-refractivity contribution in [2.24, 2.45) is 5.73 Å². The molecule has 0 bridgehead atoms. The maximum atomic E-state index is 11.9. The molecule has 75 heavy (non-hydrogen) atoms. The average Bonchev–Trinajstić information content (AvgIpc) is 3.40. The number of rotatable bonds is 58. The SMILES string of the molecule is CCCCCCCCCCCCCCCCOCC(CO)OCCCCCC(=O)OCC.CCCCCCCCCCCCCCCCOCC(COP(=O)([O-])OCC[NH3+])OCCCCCC(=O)OCC.NCCO. The fraction of sp³-hybridized carbons (Fsp3) is 0.966. The molecule has 0 fully saturated rings. The van der Waals surface area contributed by atoms with Gasteiger partial charge < -0.3 is 64.0 Å². The van der Waals surface area contributed by atoms with E-state index in [1.165, 1.54) is 161 Å². The summed E-state index contributed by atoms with van der Waals surface area (Å²) in [6.07, 6.45) is 42.3. The van der Waals surface area contributed by atoms with Gasteiger partial charge in [0, 0.05) is 45.8 Å². The monoisotopic (exact) mass is 1100 g/mol. The number of unbranched alkanes of at least 4 members (excludes halogenated alkanes) is 30. The number of nitrogens with two attached hydrogens (primary N) is 1. The summed E-state index contributed by atoms with van der Waals surface area (Å²) in [6, 6.07) is 0. The van der Waals surface area contributed by atoms with Gasteiger partial charge in [0.15, 0.2) is 0 Å². The molecule has 3 atom stereocenters. The van der Waals surface area contributed by atoms with Crippen molar-refractivity contribution in [2.45, 2.75) is 271 Å². The normalized spacial score (nSPS) is 12.8. The molecule has 16 nitrogen and oxygen atoms in total. The maximum Gasteiger partial charge on any atom is 0.305 e. The molecule has 17 heteroatoms. The van der Waals surface area contributed by atoms with Crippen LogP contribution in [0.1, 0.15) is 259 Å². The van der Waals surface area contributed by atoms with Gasteiger partial charge in [0.2, 0.25) is 0 Å². The van der Waals surface area contributed by atoms with Crippen molar-refractivity contribution in [1.29, 1.82) is 0 Å². The molecule has 0 heterocycles. The molecule has 452 valence electrons. The highest BCUT2D eigenvalue weighted by Crippen LogP contribution is 2.38. The zero-order chi connectivity index (χ0) is 55.8. The van der Waals surface area contributed by atoms with Gasteiger partial charge in [-0.25, -0.2) is 0 Å². The Morgan fingerprint density at radius 1 is 0.467 bits per heavy atom. The molecule has 0 aliphatic heterocycles. The summed E-state index contributed by atoms with van der Waals surface area (Å²) >= 11 is 0. The van der Waals surface area contributed by atoms with Gasteiger partial charge in [-0.2, -0.15) is 0 Å². The highest BCUT2D eigenvalue weighted by molar-refractivity contribution is 7.45. The van der Waals surface area contributed by atoms with Crippen LogP contribution in [0.5, 0.6) is 0 Å². The number of phosphoric acid groups is 1. The topological polar surface area (TPSA) is 242 Å². The number of quaternary nitrogens is 1. The second kappa shape index (κ2) is 67.0. The van der Waals surface area contributed by atoms with E-state index in [4.69, 9.17) is 48.3 Å². The van der Waals surface area contributed by atoms with E-state index in [2.05, 4.69) is 19.6 Å². The van der Waals surface area contributed by atoms with Crippen LogP contribution < -0.4 is 16.4 Å².